The summed E-state index contributed by atoms with van der Waals surface area (Å²) in [7, 11) is 0. The molecule has 0 aliphatic rings. The molecule has 2 N–H and O–H groups in total. The van der Waals surface area contributed by atoms with E-state index in [4.69, 9.17) is 5.73 Å². The van der Waals surface area contributed by atoms with Gasteiger partial charge in [-0.1, -0.05) is 26.8 Å². The molecule has 0 radical (unpaired) electrons. The average Bonchev–Trinajstić information content (AvgIpc) is 2.79. The van der Waals surface area contributed by atoms with Gasteiger partial charge in [-0.15, -0.1) is 11.3 Å². The molecule has 0 saturated carbocycles. The molecule has 0 bridgehead atoms. The van der Waals surface area contributed by atoms with Crippen molar-refractivity contribution in [1.82, 2.24) is 4.98 Å². The molecule has 2 aromatic rings. The zero-order valence-corrected chi connectivity index (χ0v) is 13.4. The van der Waals surface area contributed by atoms with Crippen molar-refractivity contribution < 1.29 is 0 Å². The summed E-state index contributed by atoms with van der Waals surface area (Å²) in [5.41, 5.74) is 9.63. The second-order valence-corrected chi connectivity index (χ2v) is 7.10. The summed E-state index contributed by atoms with van der Waals surface area (Å²) in [6, 6.07) is 6.53. The van der Waals surface area contributed by atoms with Crippen LogP contribution in [0.5, 0.6) is 0 Å². The van der Waals surface area contributed by atoms with Gasteiger partial charge in [-0.3, -0.25) is 0 Å². The first-order valence-electron chi connectivity index (χ1n) is 7.29. The normalized spacial score (nSPS) is 12.8. The Hall–Kier alpha value is -1.35. The van der Waals surface area contributed by atoms with Crippen LogP contribution < -0.4 is 5.73 Å². The SMILES string of the molecule is CC(C)Cc1cc(N)cc(CC(C)Cc2nccs2)c1. The van der Waals surface area contributed by atoms with Crippen LogP contribution in [-0.4, -0.2) is 4.98 Å². The Morgan fingerprint density at radius 1 is 1.05 bits per heavy atom. The fourth-order valence-electron chi connectivity index (χ4n) is 2.62. The van der Waals surface area contributed by atoms with Crippen molar-refractivity contribution in [3.8, 4) is 0 Å². The Morgan fingerprint density at radius 3 is 2.35 bits per heavy atom. The Morgan fingerprint density at radius 2 is 1.75 bits per heavy atom. The lowest BCUT2D eigenvalue weighted by Crippen LogP contribution is -2.05. The summed E-state index contributed by atoms with van der Waals surface area (Å²) >= 11 is 1.74. The first kappa shape index (κ1) is 15.0. The number of hydrogen-bond donors (Lipinski definition) is 1. The highest BCUT2D eigenvalue weighted by Gasteiger charge is 2.09. The molecule has 108 valence electrons. The first-order valence-corrected chi connectivity index (χ1v) is 8.17. The fourth-order valence-corrected chi connectivity index (χ4v) is 3.41. The number of nitrogen functional groups attached to an aromatic ring is 1. The van der Waals surface area contributed by atoms with Crippen molar-refractivity contribution in [3.63, 3.8) is 0 Å². The molecule has 1 heterocycles. The summed E-state index contributed by atoms with van der Waals surface area (Å²) in [5.74, 6) is 1.26. The molecule has 1 atom stereocenters. The molecule has 2 nitrogen and oxygen atoms in total. The van der Waals surface area contributed by atoms with Gasteiger partial charge in [0.15, 0.2) is 0 Å². The van der Waals surface area contributed by atoms with Crippen molar-refractivity contribution in [3.05, 3.63) is 45.9 Å². The van der Waals surface area contributed by atoms with E-state index in [0.717, 1.165) is 24.9 Å². The maximum absolute atomic E-state index is 6.04. The minimum atomic E-state index is 0.592. The lowest BCUT2D eigenvalue weighted by Gasteiger charge is -2.13. The quantitative estimate of drug-likeness (QED) is 0.803. The summed E-state index contributed by atoms with van der Waals surface area (Å²) in [6.45, 7) is 6.77. The molecule has 2 rings (SSSR count). The lowest BCUT2D eigenvalue weighted by molar-refractivity contribution is 0.574. The third kappa shape index (κ3) is 4.64. The molecule has 0 spiro atoms. The summed E-state index contributed by atoms with van der Waals surface area (Å²) in [5, 5.41) is 3.27. The van der Waals surface area contributed by atoms with Gasteiger partial charge in [0.2, 0.25) is 0 Å². The first-order chi connectivity index (χ1) is 9.52. The van der Waals surface area contributed by atoms with Crippen LogP contribution in [0.25, 0.3) is 0 Å². The summed E-state index contributed by atoms with van der Waals surface area (Å²) in [4.78, 5) is 4.37. The molecule has 0 aliphatic heterocycles. The predicted octanol–water partition coefficient (Wildman–Crippen LogP) is 4.35. The van der Waals surface area contributed by atoms with Crippen molar-refractivity contribution in [1.29, 1.82) is 0 Å². The minimum Gasteiger partial charge on any atom is -0.399 e. The summed E-state index contributed by atoms with van der Waals surface area (Å²) < 4.78 is 0. The highest BCUT2D eigenvalue weighted by molar-refractivity contribution is 7.09. The van der Waals surface area contributed by atoms with Crippen LogP contribution >= 0.6 is 11.3 Å². The van der Waals surface area contributed by atoms with E-state index in [2.05, 4.69) is 44.0 Å². The van der Waals surface area contributed by atoms with Gasteiger partial charge in [-0.05, 0) is 47.9 Å². The van der Waals surface area contributed by atoms with Crippen LogP contribution in [0.4, 0.5) is 5.69 Å². The number of benzene rings is 1. The maximum Gasteiger partial charge on any atom is 0.0927 e. The van der Waals surface area contributed by atoms with E-state index >= 15 is 0 Å². The topological polar surface area (TPSA) is 38.9 Å². The third-order valence-electron chi connectivity index (χ3n) is 3.31. The highest BCUT2D eigenvalue weighted by atomic mass is 32.1. The Balaban J connectivity index is 2.02. The van der Waals surface area contributed by atoms with E-state index in [1.807, 2.05) is 11.6 Å². The molecule has 3 heteroatoms. The monoisotopic (exact) mass is 288 g/mol. The van der Waals surface area contributed by atoms with Crippen LogP contribution in [0.2, 0.25) is 0 Å². The second kappa shape index (κ2) is 6.89. The second-order valence-electron chi connectivity index (χ2n) is 6.12. The Labute approximate surface area is 126 Å². The van der Waals surface area contributed by atoms with E-state index in [1.54, 1.807) is 11.3 Å². The molecular weight excluding hydrogens is 264 g/mol. The largest absolute Gasteiger partial charge is 0.399 e. The highest BCUT2D eigenvalue weighted by Crippen LogP contribution is 2.20. The van der Waals surface area contributed by atoms with Crippen molar-refractivity contribution in [2.75, 3.05) is 5.73 Å². The Kier molecular flexibility index (Phi) is 5.18. The van der Waals surface area contributed by atoms with Gasteiger partial charge in [-0.2, -0.15) is 0 Å². The number of anilines is 1. The third-order valence-corrected chi connectivity index (χ3v) is 4.11. The standard InChI is InChI=1S/C17H24N2S/c1-12(2)6-14-9-15(11-16(18)10-14)7-13(3)8-17-19-4-5-20-17/h4-5,9-13H,6-8,18H2,1-3H3. The minimum absolute atomic E-state index is 0.592. The maximum atomic E-state index is 6.04. The molecule has 1 aromatic heterocycles. The fraction of sp³-hybridized carbons (Fsp3) is 0.471. The molecule has 0 fully saturated rings. The van der Waals surface area contributed by atoms with Crippen LogP contribution in [0.1, 0.15) is 36.9 Å². The molecule has 20 heavy (non-hydrogen) atoms. The number of hydrogen-bond acceptors (Lipinski definition) is 3. The van der Waals surface area contributed by atoms with Gasteiger partial charge in [0.25, 0.3) is 0 Å². The average molecular weight is 288 g/mol. The van der Waals surface area contributed by atoms with E-state index in [1.165, 1.54) is 16.1 Å². The predicted molar refractivity (Wildman–Crippen MR) is 88.1 cm³/mol. The zero-order chi connectivity index (χ0) is 14.5. The van der Waals surface area contributed by atoms with Gasteiger partial charge in [0, 0.05) is 23.7 Å². The smallest absolute Gasteiger partial charge is 0.0927 e. The van der Waals surface area contributed by atoms with Crippen LogP contribution in [0.15, 0.2) is 29.8 Å². The van der Waals surface area contributed by atoms with E-state index in [9.17, 15) is 0 Å². The van der Waals surface area contributed by atoms with Crippen LogP contribution in [0.3, 0.4) is 0 Å². The van der Waals surface area contributed by atoms with Gasteiger partial charge in [0.1, 0.15) is 0 Å². The van der Waals surface area contributed by atoms with Gasteiger partial charge < -0.3 is 5.73 Å². The number of nitrogens with two attached hydrogens (primary N) is 1. The van der Waals surface area contributed by atoms with Gasteiger partial charge in [0.05, 0.1) is 5.01 Å². The van der Waals surface area contributed by atoms with Crippen LogP contribution in [-0.2, 0) is 19.3 Å². The molecule has 1 aromatic carbocycles. The Bertz CT molecular complexity index is 532. The van der Waals surface area contributed by atoms with E-state index in [-0.39, 0.29) is 0 Å². The lowest BCUT2D eigenvalue weighted by atomic mass is 9.94. The number of thiazole rings is 1. The van der Waals surface area contributed by atoms with Crippen molar-refractivity contribution >= 4 is 17.0 Å². The van der Waals surface area contributed by atoms with Crippen molar-refractivity contribution in [2.24, 2.45) is 11.8 Å². The van der Waals surface area contributed by atoms with Gasteiger partial charge in [-0.25, -0.2) is 4.98 Å². The number of aromatic nitrogens is 1. The number of rotatable bonds is 6. The molecule has 0 aliphatic carbocycles. The molecule has 0 saturated heterocycles. The molecule has 1 unspecified atom stereocenters. The zero-order valence-electron chi connectivity index (χ0n) is 12.6. The van der Waals surface area contributed by atoms with Crippen molar-refractivity contribution in [2.45, 2.75) is 40.0 Å². The van der Waals surface area contributed by atoms with Crippen LogP contribution in [0, 0.1) is 11.8 Å². The number of nitrogens with zero attached hydrogens (tertiary/aromatic N) is 1. The van der Waals surface area contributed by atoms with E-state index < -0.39 is 0 Å². The van der Waals surface area contributed by atoms with Gasteiger partial charge >= 0.3 is 0 Å². The molecular formula is C17H24N2S. The molecule has 0 amide bonds. The summed E-state index contributed by atoms with van der Waals surface area (Å²) in [6.07, 6.45) is 5.09. The van der Waals surface area contributed by atoms with E-state index in [0.29, 0.717) is 11.8 Å².